The summed E-state index contributed by atoms with van der Waals surface area (Å²) < 4.78 is 2.34. The number of hydrogen-bond acceptors (Lipinski definition) is 0. The van der Waals surface area contributed by atoms with Crippen molar-refractivity contribution in [3.05, 3.63) is 17.7 Å². The van der Waals surface area contributed by atoms with E-state index in [1.165, 1.54) is 30.9 Å². The first-order valence-corrected chi connectivity index (χ1v) is 4.38. The molecule has 11 heavy (non-hydrogen) atoms. The van der Waals surface area contributed by atoms with Crippen LogP contribution in [-0.2, 0) is 13.0 Å². The van der Waals surface area contributed by atoms with Gasteiger partial charge in [0.15, 0.2) is 0 Å². The Kier molecular flexibility index (Phi) is 1.48. The van der Waals surface area contributed by atoms with Gasteiger partial charge in [-0.05, 0) is 6.42 Å². The highest BCUT2D eigenvalue weighted by Gasteiger charge is 2.21. The number of nitrogens with zero attached hydrogens (tertiary/aromatic N) is 1. The number of aryl methyl sites for hydroxylation is 2. The Morgan fingerprint density at radius 1 is 1.55 bits per heavy atom. The highest BCUT2D eigenvalue weighted by atomic mass is 15.1. The van der Waals surface area contributed by atoms with Crippen LogP contribution in [0.25, 0.3) is 0 Å². The van der Waals surface area contributed by atoms with E-state index in [4.69, 9.17) is 0 Å². The first-order valence-electron chi connectivity index (χ1n) is 4.38. The fraction of sp³-hybridized carbons (Fsp3) is 0.667. The van der Waals surface area contributed by atoms with Gasteiger partial charge in [-0.2, -0.15) is 0 Å². The molecule has 2 heteroatoms. The molecular formula is C9H15N2+. The summed E-state index contributed by atoms with van der Waals surface area (Å²) in [5.74, 6) is 2.04. The second kappa shape index (κ2) is 2.36. The van der Waals surface area contributed by atoms with Crippen LogP contribution < -0.4 is 4.57 Å². The van der Waals surface area contributed by atoms with Crippen molar-refractivity contribution in [1.82, 2.24) is 4.98 Å². The first kappa shape index (κ1) is 6.89. The smallest absolute Gasteiger partial charge is 0.245 e. The van der Waals surface area contributed by atoms with Gasteiger partial charge in [-0.1, -0.05) is 13.8 Å². The van der Waals surface area contributed by atoms with Gasteiger partial charge in [0, 0.05) is 5.92 Å². The fourth-order valence-corrected chi connectivity index (χ4v) is 1.63. The minimum Gasteiger partial charge on any atom is -0.245 e. The van der Waals surface area contributed by atoms with Crippen molar-refractivity contribution >= 4 is 0 Å². The van der Waals surface area contributed by atoms with Crippen LogP contribution in [0.2, 0.25) is 0 Å². The molecule has 0 amide bonds. The van der Waals surface area contributed by atoms with Gasteiger partial charge in [0.05, 0.1) is 13.0 Å². The Hall–Kier alpha value is -0.790. The molecule has 60 valence electrons. The first-order chi connectivity index (χ1) is 5.27. The molecule has 0 bridgehead atoms. The molecule has 2 rings (SSSR count). The third-order valence-corrected chi connectivity index (χ3v) is 2.36. The van der Waals surface area contributed by atoms with Gasteiger partial charge >= 0.3 is 0 Å². The molecule has 1 aliphatic heterocycles. The van der Waals surface area contributed by atoms with Crippen molar-refractivity contribution < 1.29 is 4.57 Å². The number of rotatable bonds is 1. The molecule has 0 fully saturated rings. The highest BCUT2D eigenvalue weighted by molar-refractivity contribution is 5.01. The van der Waals surface area contributed by atoms with Crippen LogP contribution >= 0.6 is 0 Å². The number of nitrogens with one attached hydrogen (secondary N) is 1. The lowest BCUT2D eigenvalue weighted by molar-refractivity contribution is -0.689. The maximum absolute atomic E-state index is 3.46. The predicted molar refractivity (Wildman–Crippen MR) is 43.4 cm³/mol. The van der Waals surface area contributed by atoms with E-state index in [1.54, 1.807) is 0 Å². The molecular weight excluding hydrogens is 136 g/mol. The van der Waals surface area contributed by atoms with Crippen LogP contribution in [0.4, 0.5) is 0 Å². The highest BCUT2D eigenvalue weighted by Crippen LogP contribution is 2.13. The van der Waals surface area contributed by atoms with Crippen LogP contribution in [0.15, 0.2) is 6.20 Å². The summed E-state index contributed by atoms with van der Waals surface area (Å²) in [4.78, 5) is 3.46. The summed E-state index contributed by atoms with van der Waals surface area (Å²) in [5.41, 5.74) is 1.37. The molecule has 0 radical (unpaired) electrons. The molecule has 2 heterocycles. The van der Waals surface area contributed by atoms with Crippen LogP contribution in [-0.4, -0.2) is 4.98 Å². The molecule has 0 aromatic carbocycles. The zero-order valence-corrected chi connectivity index (χ0v) is 7.22. The SMILES string of the molecule is CC(C)c1c[n+]2c([nH]1)CCC2. The summed E-state index contributed by atoms with van der Waals surface area (Å²) in [7, 11) is 0. The summed E-state index contributed by atoms with van der Waals surface area (Å²) >= 11 is 0. The predicted octanol–water partition coefficient (Wildman–Crippen LogP) is 1.37. The van der Waals surface area contributed by atoms with E-state index in [1.807, 2.05) is 0 Å². The minimum atomic E-state index is 0.632. The number of hydrogen-bond donors (Lipinski definition) is 1. The van der Waals surface area contributed by atoms with Gasteiger partial charge in [0.2, 0.25) is 0 Å². The van der Waals surface area contributed by atoms with Crippen LogP contribution in [0.5, 0.6) is 0 Å². The van der Waals surface area contributed by atoms with Gasteiger partial charge in [-0.25, -0.2) is 9.55 Å². The Bertz CT molecular complexity index is 239. The average molecular weight is 151 g/mol. The third kappa shape index (κ3) is 1.06. The van der Waals surface area contributed by atoms with Crippen molar-refractivity contribution in [2.24, 2.45) is 0 Å². The molecule has 0 atom stereocenters. The molecule has 0 aliphatic carbocycles. The van der Waals surface area contributed by atoms with E-state index < -0.39 is 0 Å². The van der Waals surface area contributed by atoms with E-state index >= 15 is 0 Å². The molecule has 0 unspecified atom stereocenters. The van der Waals surface area contributed by atoms with E-state index in [2.05, 4.69) is 29.6 Å². The van der Waals surface area contributed by atoms with Gasteiger partial charge in [-0.3, -0.25) is 0 Å². The zero-order chi connectivity index (χ0) is 7.84. The number of aromatic amines is 1. The maximum Gasteiger partial charge on any atom is 0.254 e. The summed E-state index contributed by atoms with van der Waals surface area (Å²) in [6.45, 7) is 5.65. The van der Waals surface area contributed by atoms with Crippen molar-refractivity contribution in [3.63, 3.8) is 0 Å². The Labute approximate surface area is 67.3 Å². The summed E-state index contributed by atoms with van der Waals surface area (Å²) in [6.07, 6.45) is 4.80. The second-order valence-electron chi connectivity index (χ2n) is 3.61. The number of imidazole rings is 1. The summed E-state index contributed by atoms with van der Waals surface area (Å²) in [6, 6.07) is 0. The Balaban J connectivity index is 2.34. The van der Waals surface area contributed by atoms with Crippen LogP contribution in [0.1, 0.15) is 37.7 Å². The second-order valence-corrected chi connectivity index (χ2v) is 3.61. The van der Waals surface area contributed by atoms with Crippen molar-refractivity contribution in [2.75, 3.05) is 0 Å². The average Bonchev–Trinajstić information content (AvgIpc) is 2.40. The van der Waals surface area contributed by atoms with Crippen molar-refractivity contribution in [1.29, 1.82) is 0 Å². The normalized spacial score (nSPS) is 15.9. The zero-order valence-electron chi connectivity index (χ0n) is 7.22. The van der Waals surface area contributed by atoms with E-state index in [0.29, 0.717) is 5.92 Å². The molecule has 1 aliphatic rings. The largest absolute Gasteiger partial charge is 0.254 e. The van der Waals surface area contributed by atoms with Crippen molar-refractivity contribution in [3.8, 4) is 0 Å². The number of fused-ring (bicyclic) bond motifs is 1. The molecule has 0 saturated carbocycles. The standard InChI is InChI=1S/C9H14N2/c1-7(2)8-6-11-5-3-4-9(11)10-8/h6-7H,3-5H2,1-2H3/p+1. The molecule has 0 saturated heterocycles. The third-order valence-electron chi connectivity index (χ3n) is 2.36. The maximum atomic E-state index is 3.46. The lowest BCUT2D eigenvalue weighted by atomic mass is 10.1. The fourth-order valence-electron chi connectivity index (χ4n) is 1.63. The van der Waals surface area contributed by atoms with E-state index in [0.717, 1.165) is 0 Å². The van der Waals surface area contributed by atoms with E-state index in [-0.39, 0.29) is 0 Å². The molecule has 1 N–H and O–H groups in total. The lowest BCUT2D eigenvalue weighted by Crippen LogP contribution is -2.29. The van der Waals surface area contributed by atoms with Crippen LogP contribution in [0.3, 0.4) is 0 Å². The number of aromatic nitrogens is 2. The Morgan fingerprint density at radius 3 is 3.00 bits per heavy atom. The number of H-pyrrole nitrogens is 1. The quantitative estimate of drug-likeness (QED) is 0.585. The molecule has 1 aromatic heterocycles. The topological polar surface area (TPSA) is 19.7 Å². The van der Waals surface area contributed by atoms with Gasteiger partial charge in [0.1, 0.15) is 11.9 Å². The molecule has 0 spiro atoms. The van der Waals surface area contributed by atoms with E-state index in [9.17, 15) is 0 Å². The van der Waals surface area contributed by atoms with Crippen molar-refractivity contribution in [2.45, 2.75) is 39.2 Å². The molecule has 1 aromatic rings. The van der Waals surface area contributed by atoms with Gasteiger partial charge < -0.3 is 0 Å². The summed E-state index contributed by atoms with van der Waals surface area (Å²) in [5, 5.41) is 0. The molecule has 2 nitrogen and oxygen atoms in total. The monoisotopic (exact) mass is 151 g/mol. The Morgan fingerprint density at radius 2 is 2.36 bits per heavy atom. The van der Waals surface area contributed by atoms with Gasteiger partial charge in [0.25, 0.3) is 5.82 Å². The van der Waals surface area contributed by atoms with Gasteiger partial charge in [-0.15, -0.1) is 0 Å². The van der Waals surface area contributed by atoms with Crippen LogP contribution in [0, 0.1) is 0 Å². The lowest BCUT2D eigenvalue weighted by Gasteiger charge is -1.92. The minimum absolute atomic E-state index is 0.632.